The molecule has 0 aromatic carbocycles. The Morgan fingerprint density at radius 1 is 1.19 bits per heavy atom. The number of alkyl halides is 3. The first-order valence-electron chi connectivity index (χ1n) is 9.34. The first-order chi connectivity index (χ1) is 14.5. The molecule has 0 spiro atoms. The zero-order valence-corrected chi connectivity index (χ0v) is 17.5. The molecule has 0 fully saturated rings. The second kappa shape index (κ2) is 10.0. The molecule has 1 unspecified atom stereocenters. The van der Waals surface area contributed by atoms with Crippen LogP contribution in [0.3, 0.4) is 0 Å². The number of aliphatic carboxylic acids is 1. The monoisotopic (exact) mass is 436 g/mol. The number of hydrogen-bond donors (Lipinski definition) is 2. The molecule has 0 saturated heterocycles. The predicted octanol–water partition coefficient (Wildman–Crippen LogP) is 4.09. The summed E-state index contributed by atoms with van der Waals surface area (Å²) in [7, 11) is 1.95. The van der Waals surface area contributed by atoms with E-state index in [1.54, 1.807) is 18.6 Å². The van der Waals surface area contributed by atoms with E-state index in [9.17, 15) is 13.2 Å². The van der Waals surface area contributed by atoms with Crippen molar-refractivity contribution in [1.29, 1.82) is 0 Å². The lowest BCUT2D eigenvalue weighted by atomic mass is 10.1. The van der Waals surface area contributed by atoms with E-state index < -0.39 is 12.1 Å². The minimum atomic E-state index is -5.08. The molecule has 3 aromatic rings. The number of anilines is 1. The molecule has 0 bridgehead atoms. The number of carboxylic acids is 1. The van der Waals surface area contributed by atoms with Crippen LogP contribution in [0.1, 0.15) is 36.3 Å². The number of nitrogens with one attached hydrogen (secondary N) is 1. The number of carbonyl (C=O) groups is 1. The average Bonchev–Trinajstić information content (AvgIpc) is 2.98. The Balaban J connectivity index is 0.000000423. The molecule has 8 nitrogen and oxygen atoms in total. The third-order valence-electron chi connectivity index (χ3n) is 4.48. The van der Waals surface area contributed by atoms with Crippen LogP contribution in [0.2, 0.25) is 0 Å². The van der Waals surface area contributed by atoms with Gasteiger partial charge in [-0.3, -0.25) is 9.67 Å². The Hall–Kier alpha value is -3.50. The van der Waals surface area contributed by atoms with Crippen molar-refractivity contribution in [3.63, 3.8) is 0 Å². The SMILES string of the molecule is CCC(Nc1nccc(-c2c(C)nn(C)c2C)n1)c1ccncc1.O=C(O)C(F)(F)F. The third kappa shape index (κ3) is 6.24. The maximum atomic E-state index is 10.6. The van der Waals surface area contributed by atoms with Gasteiger partial charge in [-0.2, -0.15) is 18.3 Å². The van der Waals surface area contributed by atoms with Crippen molar-refractivity contribution in [2.24, 2.45) is 7.05 Å². The maximum Gasteiger partial charge on any atom is 0.490 e. The van der Waals surface area contributed by atoms with Crippen LogP contribution in [0, 0.1) is 13.8 Å². The molecule has 0 aliphatic carbocycles. The van der Waals surface area contributed by atoms with Gasteiger partial charge >= 0.3 is 12.1 Å². The standard InChI is InChI=1S/C18H22N6.C2HF3O2/c1-5-15(14-6-9-19-10-7-14)21-18-20-11-8-16(22-18)17-12(2)23-24(4)13(17)3;3-2(4,5)1(6)7/h6-11,15H,5H2,1-4H3,(H,20,21,22);(H,6,7). The number of rotatable bonds is 5. The van der Waals surface area contributed by atoms with E-state index in [0.717, 1.165) is 29.1 Å². The molecule has 0 radical (unpaired) electrons. The lowest BCUT2D eigenvalue weighted by Gasteiger charge is -2.17. The van der Waals surface area contributed by atoms with Gasteiger partial charge in [-0.15, -0.1) is 0 Å². The summed E-state index contributed by atoms with van der Waals surface area (Å²) in [6.07, 6.45) is 1.25. The van der Waals surface area contributed by atoms with E-state index >= 15 is 0 Å². The zero-order valence-electron chi connectivity index (χ0n) is 17.5. The van der Waals surface area contributed by atoms with Crippen molar-refractivity contribution >= 4 is 11.9 Å². The number of hydrogen-bond acceptors (Lipinski definition) is 6. The Kier molecular flexibility index (Phi) is 7.67. The van der Waals surface area contributed by atoms with E-state index in [1.165, 1.54) is 5.56 Å². The van der Waals surface area contributed by atoms with Crippen LogP contribution in [-0.2, 0) is 11.8 Å². The van der Waals surface area contributed by atoms with Crippen LogP contribution in [-0.4, -0.2) is 42.0 Å². The van der Waals surface area contributed by atoms with Crippen molar-refractivity contribution < 1.29 is 23.1 Å². The minimum absolute atomic E-state index is 0.152. The first-order valence-corrected chi connectivity index (χ1v) is 9.34. The Morgan fingerprint density at radius 2 is 1.81 bits per heavy atom. The van der Waals surface area contributed by atoms with Crippen LogP contribution < -0.4 is 5.32 Å². The highest BCUT2D eigenvalue weighted by molar-refractivity contribution is 5.73. The average molecular weight is 436 g/mol. The normalized spacial score (nSPS) is 12.0. The second-order valence-corrected chi connectivity index (χ2v) is 6.62. The van der Waals surface area contributed by atoms with Gasteiger partial charge in [0.25, 0.3) is 0 Å². The number of pyridine rings is 1. The van der Waals surface area contributed by atoms with Gasteiger partial charge < -0.3 is 10.4 Å². The number of nitrogens with zero attached hydrogens (tertiary/aromatic N) is 5. The van der Waals surface area contributed by atoms with Gasteiger partial charge in [0.15, 0.2) is 0 Å². The third-order valence-corrected chi connectivity index (χ3v) is 4.48. The molecule has 0 amide bonds. The van der Waals surface area contributed by atoms with Gasteiger partial charge in [0, 0.05) is 36.9 Å². The van der Waals surface area contributed by atoms with Crippen LogP contribution >= 0.6 is 0 Å². The van der Waals surface area contributed by atoms with E-state index in [4.69, 9.17) is 14.9 Å². The molecule has 0 aliphatic rings. The highest BCUT2D eigenvalue weighted by Gasteiger charge is 2.38. The number of halogens is 3. The van der Waals surface area contributed by atoms with Crippen molar-refractivity contribution in [3.05, 3.63) is 53.7 Å². The highest BCUT2D eigenvalue weighted by atomic mass is 19.4. The summed E-state index contributed by atoms with van der Waals surface area (Å²) < 4.78 is 33.6. The van der Waals surface area contributed by atoms with E-state index in [0.29, 0.717) is 5.95 Å². The smallest absolute Gasteiger partial charge is 0.475 e. The van der Waals surface area contributed by atoms with Gasteiger partial charge in [-0.1, -0.05) is 6.92 Å². The van der Waals surface area contributed by atoms with Gasteiger partial charge in [0.1, 0.15) is 0 Å². The Bertz CT molecular complexity index is 1020. The first kappa shape index (κ1) is 23.8. The zero-order chi connectivity index (χ0) is 23.2. The number of aryl methyl sites for hydroxylation is 2. The highest BCUT2D eigenvalue weighted by Crippen LogP contribution is 2.26. The van der Waals surface area contributed by atoms with Gasteiger partial charge in [0.2, 0.25) is 5.95 Å². The van der Waals surface area contributed by atoms with Gasteiger partial charge in [-0.05, 0) is 44.0 Å². The number of aromatic nitrogens is 5. The van der Waals surface area contributed by atoms with Crippen molar-refractivity contribution in [2.45, 2.75) is 39.4 Å². The molecular formula is C20H23F3N6O2. The largest absolute Gasteiger partial charge is 0.490 e. The van der Waals surface area contributed by atoms with E-state index in [1.807, 2.05) is 36.9 Å². The molecule has 166 valence electrons. The van der Waals surface area contributed by atoms with Gasteiger partial charge in [0.05, 0.1) is 17.4 Å². The predicted molar refractivity (Wildman–Crippen MR) is 108 cm³/mol. The van der Waals surface area contributed by atoms with Gasteiger partial charge in [-0.25, -0.2) is 14.8 Å². The molecule has 3 heterocycles. The summed E-state index contributed by atoms with van der Waals surface area (Å²) in [5, 5.41) is 15.0. The molecular weight excluding hydrogens is 413 g/mol. The van der Waals surface area contributed by atoms with Crippen LogP contribution in [0.5, 0.6) is 0 Å². The molecule has 1 atom stereocenters. The fourth-order valence-electron chi connectivity index (χ4n) is 2.88. The van der Waals surface area contributed by atoms with Crippen LogP contribution in [0.15, 0.2) is 36.8 Å². The Labute approximate surface area is 177 Å². The molecule has 31 heavy (non-hydrogen) atoms. The maximum absolute atomic E-state index is 10.6. The van der Waals surface area contributed by atoms with Crippen LogP contribution in [0.4, 0.5) is 19.1 Å². The lowest BCUT2D eigenvalue weighted by molar-refractivity contribution is -0.192. The van der Waals surface area contributed by atoms with E-state index in [-0.39, 0.29) is 6.04 Å². The topological polar surface area (TPSA) is 106 Å². The molecule has 3 aromatic heterocycles. The fourth-order valence-corrected chi connectivity index (χ4v) is 2.88. The molecule has 2 N–H and O–H groups in total. The second-order valence-electron chi connectivity index (χ2n) is 6.62. The molecule has 0 saturated carbocycles. The summed E-state index contributed by atoms with van der Waals surface area (Å²) in [4.78, 5) is 22.1. The molecule has 11 heteroatoms. The molecule has 0 aliphatic heterocycles. The summed E-state index contributed by atoms with van der Waals surface area (Å²) in [6, 6.07) is 6.11. The Morgan fingerprint density at radius 3 is 2.29 bits per heavy atom. The lowest BCUT2D eigenvalue weighted by Crippen LogP contribution is -2.21. The van der Waals surface area contributed by atoms with Crippen LogP contribution in [0.25, 0.3) is 11.3 Å². The van der Waals surface area contributed by atoms with E-state index in [2.05, 4.69) is 34.2 Å². The fraction of sp³-hybridized carbons (Fsp3) is 0.350. The minimum Gasteiger partial charge on any atom is -0.475 e. The number of carboxylic acid groups (broad SMARTS) is 1. The quantitative estimate of drug-likeness (QED) is 0.621. The molecule has 3 rings (SSSR count). The summed E-state index contributed by atoms with van der Waals surface area (Å²) in [5.41, 5.74) is 5.20. The summed E-state index contributed by atoms with van der Waals surface area (Å²) in [6.45, 7) is 6.19. The van der Waals surface area contributed by atoms with Crippen molar-refractivity contribution in [3.8, 4) is 11.3 Å². The summed E-state index contributed by atoms with van der Waals surface area (Å²) in [5.74, 6) is -2.13. The van der Waals surface area contributed by atoms with Crippen molar-refractivity contribution in [2.75, 3.05) is 5.32 Å². The van der Waals surface area contributed by atoms with Crippen molar-refractivity contribution in [1.82, 2.24) is 24.7 Å². The summed E-state index contributed by atoms with van der Waals surface area (Å²) >= 11 is 0.